The first-order valence-electron chi connectivity index (χ1n) is 9.61. The third kappa shape index (κ3) is 5.19. The Morgan fingerprint density at radius 2 is 1.67 bits per heavy atom. The quantitative estimate of drug-likeness (QED) is 0.564. The van der Waals surface area contributed by atoms with E-state index < -0.39 is 0 Å². The molecule has 1 N–H and O–H groups in total. The van der Waals surface area contributed by atoms with Gasteiger partial charge in [-0.15, -0.1) is 0 Å². The Morgan fingerprint density at radius 3 is 2.40 bits per heavy atom. The summed E-state index contributed by atoms with van der Waals surface area (Å²) in [6.45, 7) is 2.77. The normalized spacial score (nSPS) is 10.4. The largest absolute Gasteiger partial charge is 0.493 e. The molecule has 3 rings (SSSR count). The summed E-state index contributed by atoms with van der Waals surface area (Å²) in [7, 11) is 1.72. The first kappa shape index (κ1) is 21.4. The molecule has 0 spiro atoms. The van der Waals surface area contributed by atoms with Crippen LogP contribution in [0, 0.1) is 0 Å². The fraction of sp³-hybridized carbons (Fsp3) is 0.167. The van der Waals surface area contributed by atoms with Gasteiger partial charge >= 0.3 is 0 Å². The van der Waals surface area contributed by atoms with Gasteiger partial charge in [0.15, 0.2) is 0 Å². The lowest BCUT2D eigenvalue weighted by Gasteiger charge is -2.19. The van der Waals surface area contributed by atoms with Gasteiger partial charge in [0.1, 0.15) is 5.75 Å². The predicted octanol–water partition coefficient (Wildman–Crippen LogP) is 5.26. The summed E-state index contributed by atoms with van der Waals surface area (Å²) in [5, 5.41) is 3.15. The Hall–Kier alpha value is -3.31. The molecule has 30 heavy (non-hydrogen) atoms. The van der Waals surface area contributed by atoms with Crippen molar-refractivity contribution >= 4 is 29.1 Å². The molecule has 154 valence electrons. The van der Waals surface area contributed by atoms with Crippen LogP contribution in [0.25, 0.3) is 0 Å². The van der Waals surface area contributed by atoms with Crippen LogP contribution in [0.3, 0.4) is 0 Å². The van der Waals surface area contributed by atoms with Gasteiger partial charge in [-0.2, -0.15) is 0 Å². The molecule has 3 aromatic rings. The summed E-state index contributed by atoms with van der Waals surface area (Å²) in [5.41, 5.74) is 2.24. The van der Waals surface area contributed by atoms with Gasteiger partial charge < -0.3 is 15.0 Å². The smallest absolute Gasteiger partial charge is 0.259 e. The fourth-order valence-corrected chi connectivity index (χ4v) is 3.23. The standard InChI is InChI=1S/C24H23ClN2O3/c1-3-30-22-12-8-7-11-19(22)23(28)26-18-13-14-21(25)20(15-18)24(29)27(2)16-17-9-5-4-6-10-17/h4-15H,3,16H2,1-2H3,(H,26,28). The van der Waals surface area contributed by atoms with E-state index in [9.17, 15) is 9.59 Å². The van der Waals surface area contributed by atoms with E-state index in [4.69, 9.17) is 16.3 Å². The zero-order valence-electron chi connectivity index (χ0n) is 16.9. The number of nitrogens with zero attached hydrogens (tertiary/aromatic N) is 1. The van der Waals surface area contributed by atoms with Crippen molar-refractivity contribution in [2.45, 2.75) is 13.5 Å². The van der Waals surface area contributed by atoms with Crippen LogP contribution in [0.15, 0.2) is 72.8 Å². The maximum absolute atomic E-state index is 12.9. The molecule has 5 nitrogen and oxygen atoms in total. The first-order chi connectivity index (χ1) is 14.5. The lowest BCUT2D eigenvalue weighted by molar-refractivity contribution is 0.0785. The Bertz CT molecular complexity index is 1040. The minimum atomic E-state index is -0.322. The Morgan fingerprint density at radius 1 is 0.967 bits per heavy atom. The van der Waals surface area contributed by atoms with Gasteiger partial charge in [0.05, 0.1) is 22.8 Å². The topological polar surface area (TPSA) is 58.6 Å². The third-order valence-electron chi connectivity index (χ3n) is 4.50. The van der Waals surface area contributed by atoms with E-state index in [0.29, 0.717) is 40.7 Å². The second-order valence-electron chi connectivity index (χ2n) is 6.72. The second kappa shape index (κ2) is 9.94. The highest BCUT2D eigenvalue weighted by Gasteiger charge is 2.18. The van der Waals surface area contributed by atoms with Crippen LogP contribution in [0.5, 0.6) is 5.75 Å². The van der Waals surface area contributed by atoms with E-state index >= 15 is 0 Å². The minimum absolute atomic E-state index is 0.227. The minimum Gasteiger partial charge on any atom is -0.493 e. The monoisotopic (exact) mass is 422 g/mol. The van der Waals surface area contributed by atoms with Gasteiger partial charge in [0.2, 0.25) is 0 Å². The average Bonchev–Trinajstić information content (AvgIpc) is 2.76. The number of nitrogens with one attached hydrogen (secondary N) is 1. The number of para-hydroxylation sites is 1. The van der Waals surface area contributed by atoms with Crippen molar-refractivity contribution < 1.29 is 14.3 Å². The molecular weight excluding hydrogens is 400 g/mol. The zero-order chi connectivity index (χ0) is 21.5. The molecule has 0 bridgehead atoms. The average molecular weight is 423 g/mol. The number of rotatable bonds is 7. The lowest BCUT2D eigenvalue weighted by atomic mass is 10.1. The highest BCUT2D eigenvalue weighted by atomic mass is 35.5. The van der Waals surface area contributed by atoms with Crippen molar-refractivity contribution in [3.8, 4) is 5.75 Å². The van der Waals surface area contributed by atoms with Crippen LogP contribution in [-0.4, -0.2) is 30.4 Å². The molecule has 0 saturated heterocycles. The number of halogens is 1. The number of ether oxygens (including phenoxy) is 1. The van der Waals surface area contributed by atoms with Crippen molar-refractivity contribution in [3.05, 3.63) is 94.5 Å². The molecule has 0 aromatic heterocycles. The van der Waals surface area contributed by atoms with Crippen LogP contribution >= 0.6 is 11.6 Å². The molecule has 0 heterocycles. The van der Waals surface area contributed by atoms with Gasteiger partial charge in [-0.05, 0) is 42.8 Å². The summed E-state index contributed by atoms with van der Waals surface area (Å²) < 4.78 is 5.52. The number of carbonyl (C=O) groups excluding carboxylic acids is 2. The third-order valence-corrected chi connectivity index (χ3v) is 4.83. The van der Waals surface area contributed by atoms with E-state index in [2.05, 4.69) is 5.32 Å². The van der Waals surface area contributed by atoms with Crippen LogP contribution in [0.2, 0.25) is 5.02 Å². The maximum atomic E-state index is 12.9. The Kier molecular flexibility index (Phi) is 7.09. The summed E-state index contributed by atoms with van der Waals surface area (Å²) in [6.07, 6.45) is 0. The Labute approximate surface area is 181 Å². The number of benzene rings is 3. The van der Waals surface area contributed by atoms with Crippen LogP contribution < -0.4 is 10.1 Å². The van der Waals surface area contributed by atoms with E-state index in [1.165, 1.54) is 0 Å². The lowest BCUT2D eigenvalue weighted by Crippen LogP contribution is -2.26. The molecule has 0 radical (unpaired) electrons. The molecule has 6 heteroatoms. The summed E-state index contributed by atoms with van der Waals surface area (Å²) in [5.74, 6) is -0.0440. The molecule has 0 saturated carbocycles. The summed E-state index contributed by atoms with van der Waals surface area (Å²) in [4.78, 5) is 27.2. The van der Waals surface area contributed by atoms with Gasteiger partial charge in [0, 0.05) is 19.3 Å². The first-order valence-corrected chi connectivity index (χ1v) is 9.99. The van der Waals surface area contributed by atoms with Crippen LogP contribution in [0.4, 0.5) is 5.69 Å². The molecule has 0 aliphatic rings. The highest BCUT2D eigenvalue weighted by molar-refractivity contribution is 6.34. The van der Waals surface area contributed by atoms with E-state index in [1.807, 2.05) is 43.3 Å². The van der Waals surface area contributed by atoms with Crippen LogP contribution in [0.1, 0.15) is 33.2 Å². The fourth-order valence-electron chi connectivity index (χ4n) is 3.04. The van der Waals surface area contributed by atoms with Gasteiger partial charge in [-0.25, -0.2) is 0 Å². The number of hydrogen-bond donors (Lipinski definition) is 1. The van der Waals surface area contributed by atoms with Crippen molar-refractivity contribution in [1.82, 2.24) is 4.90 Å². The molecule has 2 amide bonds. The molecule has 0 fully saturated rings. The number of carbonyl (C=O) groups is 2. The van der Waals surface area contributed by atoms with E-state index in [0.717, 1.165) is 5.56 Å². The predicted molar refractivity (Wildman–Crippen MR) is 119 cm³/mol. The zero-order valence-corrected chi connectivity index (χ0v) is 17.6. The molecular formula is C24H23ClN2O3. The van der Waals surface area contributed by atoms with Crippen LogP contribution in [-0.2, 0) is 6.54 Å². The molecule has 0 unspecified atom stereocenters. The second-order valence-corrected chi connectivity index (χ2v) is 7.13. The molecule has 0 atom stereocenters. The van der Waals surface area contributed by atoms with E-state index in [1.54, 1.807) is 48.3 Å². The molecule has 0 aliphatic heterocycles. The molecule has 0 aliphatic carbocycles. The van der Waals surface area contributed by atoms with Crippen molar-refractivity contribution in [2.24, 2.45) is 0 Å². The summed E-state index contributed by atoms with van der Waals surface area (Å²) in [6, 6.07) is 21.6. The van der Waals surface area contributed by atoms with Crippen molar-refractivity contribution in [3.63, 3.8) is 0 Å². The summed E-state index contributed by atoms with van der Waals surface area (Å²) >= 11 is 6.28. The molecule has 3 aromatic carbocycles. The van der Waals surface area contributed by atoms with Crippen molar-refractivity contribution in [1.29, 1.82) is 0 Å². The number of hydrogen-bond acceptors (Lipinski definition) is 3. The number of amides is 2. The van der Waals surface area contributed by atoms with Gasteiger partial charge in [-0.3, -0.25) is 9.59 Å². The van der Waals surface area contributed by atoms with Gasteiger partial charge in [-0.1, -0.05) is 54.1 Å². The Balaban J connectivity index is 1.78. The highest BCUT2D eigenvalue weighted by Crippen LogP contribution is 2.24. The van der Waals surface area contributed by atoms with E-state index in [-0.39, 0.29) is 11.8 Å². The maximum Gasteiger partial charge on any atom is 0.259 e. The van der Waals surface area contributed by atoms with Crippen molar-refractivity contribution in [2.75, 3.05) is 19.0 Å². The number of anilines is 1. The SMILES string of the molecule is CCOc1ccccc1C(=O)Nc1ccc(Cl)c(C(=O)N(C)Cc2ccccc2)c1. The van der Waals surface area contributed by atoms with Gasteiger partial charge in [0.25, 0.3) is 11.8 Å².